The van der Waals surface area contributed by atoms with Crippen LogP contribution in [0.1, 0.15) is 0 Å². The van der Waals surface area contributed by atoms with Crippen LogP contribution in [0, 0.1) is 0 Å². The molecule has 10 heavy (non-hydrogen) atoms. The monoisotopic (exact) mass is 207 g/mol. The van der Waals surface area contributed by atoms with Crippen molar-refractivity contribution in [3.8, 4) is 0 Å². The molecule has 0 fully saturated rings. The van der Waals surface area contributed by atoms with Crippen LogP contribution < -0.4 is 0 Å². The van der Waals surface area contributed by atoms with Crippen LogP contribution in [0.25, 0.3) is 0 Å². The topological polar surface area (TPSA) is 37.4 Å². The highest BCUT2D eigenvalue weighted by atomic mass is 35.7. The Kier molecular flexibility index (Phi) is 6.79. The first-order chi connectivity index (χ1) is 3.92. The molecular weight excluding hydrogens is 197 g/mol. The van der Waals surface area contributed by atoms with E-state index in [4.69, 9.17) is 10.7 Å². The highest BCUT2D eigenvalue weighted by Gasteiger charge is 2.03. The van der Waals surface area contributed by atoms with E-state index >= 15 is 0 Å². The third kappa shape index (κ3) is 11.3. The summed E-state index contributed by atoms with van der Waals surface area (Å²) in [6.07, 6.45) is 0. The molecule has 0 unspecified atom stereocenters. The number of nitrogens with zero attached hydrogens (tertiary/aromatic N) is 1. The number of rotatable bonds is 3. The van der Waals surface area contributed by atoms with Crippen LogP contribution in [0.4, 0.5) is 0 Å². The SMILES string of the molecule is CN(C)CCS(=O)(=O)Cl.Cl. The lowest BCUT2D eigenvalue weighted by atomic mass is 10.7. The molecule has 0 radical (unpaired) electrons. The van der Waals surface area contributed by atoms with Crippen molar-refractivity contribution in [2.24, 2.45) is 0 Å². The summed E-state index contributed by atoms with van der Waals surface area (Å²) in [6.45, 7) is 0.478. The molecule has 0 saturated carbocycles. The fraction of sp³-hybridized carbons (Fsp3) is 1.00. The van der Waals surface area contributed by atoms with Crippen LogP contribution in [0.3, 0.4) is 0 Å². The predicted octanol–water partition coefficient (Wildman–Crippen LogP) is 0.538. The average Bonchev–Trinajstić information content (AvgIpc) is 1.59. The summed E-state index contributed by atoms with van der Waals surface area (Å²) in [5, 5.41) is 0. The van der Waals surface area contributed by atoms with Gasteiger partial charge in [0.25, 0.3) is 0 Å². The van der Waals surface area contributed by atoms with Gasteiger partial charge in [-0.05, 0) is 14.1 Å². The summed E-state index contributed by atoms with van der Waals surface area (Å²) in [7, 11) is 5.22. The Bertz CT molecular complexity index is 166. The van der Waals surface area contributed by atoms with Gasteiger partial charge >= 0.3 is 0 Å². The van der Waals surface area contributed by atoms with E-state index in [1.54, 1.807) is 19.0 Å². The zero-order chi connectivity index (χ0) is 7.49. The molecule has 0 aromatic carbocycles. The van der Waals surface area contributed by atoms with Crippen molar-refractivity contribution < 1.29 is 8.42 Å². The van der Waals surface area contributed by atoms with Crippen molar-refractivity contribution in [1.82, 2.24) is 4.90 Å². The Morgan fingerprint density at radius 1 is 1.40 bits per heavy atom. The van der Waals surface area contributed by atoms with Crippen LogP contribution in [0.5, 0.6) is 0 Å². The summed E-state index contributed by atoms with van der Waals surface area (Å²) < 4.78 is 20.5. The van der Waals surface area contributed by atoms with Crippen molar-refractivity contribution in [1.29, 1.82) is 0 Å². The first kappa shape index (κ1) is 13.1. The van der Waals surface area contributed by atoms with Gasteiger partial charge in [-0.25, -0.2) is 8.42 Å². The molecule has 64 valence electrons. The van der Waals surface area contributed by atoms with Crippen LogP contribution in [-0.4, -0.2) is 39.7 Å². The van der Waals surface area contributed by atoms with Crippen molar-refractivity contribution in [3.05, 3.63) is 0 Å². The molecule has 0 bridgehead atoms. The van der Waals surface area contributed by atoms with Crippen LogP contribution >= 0.6 is 23.1 Å². The lowest BCUT2D eigenvalue weighted by Gasteiger charge is -2.05. The van der Waals surface area contributed by atoms with E-state index in [2.05, 4.69) is 0 Å². The molecule has 0 N–H and O–H groups in total. The number of hydrogen-bond acceptors (Lipinski definition) is 3. The van der Waals surface area contributed by atoms with Gasteiger partial charge in [0.05, 0.1) is 5.75 Å². The predicted molar refractivity (Wildman–Crippen MR) is 45.4 cm³/mol. The van der Waals surface area contributed by atoms with E-state index in [1.807, 2.05) is 0 Å². The Morgan fingerprint density at radius 3 is 1.90 bits per heavy atom. The smallest absolute Gasteiger partial charge is 0.233 e. The van der Waals surface area contributed by atoms with E-state index in [1.165, 1.54) is 0 Å². The minimum Gasteiger partial charge on any atom is -0.308 e. The second kappa shape index (κ2) is 5.18. The average molecular weight is 208 g/mol. The van der Waals surface area contributed by atoms with Gasteiger partial charge in [0.15, 0.2) is 0 Å². The van der Waals surface area contributed by atoms with E-state index in [9.17, 15) is 8.42 Å². The summed E-state index contributed by atoms with van der Waals surface area (Å²) in [4.78, 5) is 1.76. The Hall–Kier alpha value is 0.490. The van der Waals surface area contributed by atoms with Gasteiger partial charge in [-0.2, -0.15) is 0 Å². The molecule has 6 heteroatoms. The maximum absolute atomic E-state index is 10.3. The van der Waals surface area contributed by atoms with Crippen LogP contribution in [-0.2, 0) is 9.05 Å². The van der Waals surface area contributed by atoms with Gasteiger partial charge in [0, 0.05) is 17.2 Å². The van der Waals surface area contributed by atoms with E-state index in [0.717, 1.165) is 0 Å². The molecule has 0 heterocycles. The van der Waals surface area contributed by atoms with Crippen LogP contribution in [0.15, 0.2) is 0 Å². The molecule has 0 aliphatic rings. The molecular formula is C4H11Cl2NO2S. The highest BCUT2D eigenvalue weighted by Crippen LogP contribution is 1.94. The summed E-state index contributed by atoms with van der Waals surface area (Å²) in [6, 6.07) is 0. The van der Waals surface area contributed by atoms with Gasteiger partial charge in [-0.1, -0.05) is 0 Å². The molecule has 0 atom stereocenters. The van der Waals surface area contributed by atoms with E-state index in [-0.39, 0.29) is 18.2 Å². The molecule has 0 aliphatic carbocycles. The molecule has 0 amide bonds. The Balaban J connectivity index is 0. The number of hydrogen-bond donors (Lipinski definition) is 0. The van der Waals surface area contributed by atoms with Gasteiger partial charge in [-0.15, -0.1) is 12.4 Å². The summed E-state index contributed by atoms with van der Waals surface area (Å²) in [5.41, 5.74) is 0. The minimum absolute atomic E-state index is 0. The minimum atomic E-state index is -3.29. The second-order valence-corrected chi connectivity index (χ2v) is 4.94. The third-order valence-corrected chi connectivity index (χ3v) is 1.92. The quantitative estimate of drug-likeness (QED) is 0.635. The first-order valence-electron chi connectivity index (χ1n) is 2.49. The summed E-state index contributed by atoms with van der Waals surface area (Å²) in [5.74, 6) is 0.0154. The summed E-state index contributed by atoms with van der Waals surface area (Å²) >= 11 is 0. The molecule has 3 nitrogen and oxygen atoms in total. The van der Waals surface area contributed by atoms with Crippen molar-refractivity contribution in [3.63, 3.8) is 0 Å². The Morgan fingerprint density at radius 2 is 1.80 bits per heavy atom. The van der Waals surface area contributed by atoms with Gasteiger partial charge in [-0.3, -0.25) is 0 Å². The molecule has 0 saturated heterocycles. The van der Waals surface area contributed by atoms with Crippen molar-refractivity contribution in [2.45, 2.75) is 0 Å². The van der Waals surface area contributed by atoms with Crippen molar-refractivity contribution >= 4 is 32.1 Å². The lowest BCUT2D eigenvalue weighted by Crippen LogP contribution is -2.19. The van der Waals surface area contributed by atoms with Gasteiger partial charge in [0.2, 0.25) is 9.05 Å². The second-order valence-electron chi connectivity index (χ2n) is 2.05. The molecule has 0 spiro atoms. The van der Waals surface area contributed by atoms with Gasteiger partial charge < -0.3 is 4.90 Å². The van der Waals surface area contributed by atoms with Crippen molar-refractivity contribution in [2.75, 3.05) is 26.4 Å². The molecule has 0 aromatic rings. The largest absolute Gasteiger partial charge is 0.308 e. The zero-order valence-electron chi connectivity index (χ0n) is 5.87. The Labute approximate surface area is 72.2 Å². The zero-order valence-corrected chi connectivity index (χ0v) is 8.26. The van der Waals surface area contributed by atoms with E-state index < -0.39 is 9.05 Å². The van der Waals surface area contributed by atoms with Gasteiger partial charge in [0.1, 0.15) is 0 Å². The molecule has 0 aromatic heterocycles. The maximum Gasteiger partial charge on any atom is 0.233 e. The normalized spacial score (nSPS) is 11.2. The van der Waals surface area contributed by atoms with E-state index in [0.29, 0.717) is 6.54 Å². The lowest BCUT2D eigenvalue weighted by molar-refractivity contribution is 0.433. The maximum atomic E-state index is 10.3. The molecule has 0 rings (SSSR count). The first-order valence-corrected chi connectivity index (χ1v) is 4.97. The number of halogens is 2. The highest BCUT2D eigenvalue weighted by molar-refractivity contribution is 8.13. The third-order valence-electron chi connectivity index (χ3n) is 0.782. The fourth-order valence-corrected chi connectivity index (χ4v) is 1.08. The van der Waals surface area contributed by atoms with Crippen LogP contribution in [0.2, 0.25) is 0 Å². The fourth-order valence-electron chi connectivity index (χ4n) is 0.292. The standard InChI is InChI=1S/C4H10ClNO2S.ClH/c1-6(2)3-4-9(5,7)8;/h3-4H2,1-2H3;1H. The molecule has 0 aliphatic heterocycles.